The van der Waals surface area contributed by atoms with Gasteiger partial charge in [0.2, 0.25) is 0 Å². The molecule has 6 aromatic rings. The van der Waals surface area contributed by atoms with E-state index in [-0.39, 0.29) is 34.5 Å². The first-order chi connectivity index (χ1) is 18.3. The number of fused-ring (bicyclic) bond motifs is 2. The van der Waals surface area contributed by atoms with Gasteiger partial charge in [0.15, 0.2) is 11.5 Å². The van der Waals surface area contributed by atoms with Crippen LogP contribution in [-0.2, 0) is 0 Å². The maximum absolute atomic E-state index is 9.70. The SMILES string of the molecule is Oc1ccc(-c2ccc3c(O)cc(O)cc3[o+]2)cc1.Oc1ccc2ccc(-c3ccc(O)c(O)c3)[o+]c2c1. The fraction of sp³-hybridized carbons (Fsp3) is 0. The lowest BCUT2D eigenvalue weighted by Crippen LogP contribution is -1.80. The Kier molecular flexibility index (Phi) is 6.28. The molecule has 0 amide bonds. The van der Waals surface area contributed by atoms with E-state index in [1.54, 1.807) is 60.7 Å². The van der Waals surface area contributed by atoms with E-state index in [9.17, 15) is 30.6 Å². The molecule has 2 heterocycles. The molecule has 4 aromatic carbocycles. The van der Waals surface area contributed by atoms with Crippen LogP contribution in [0.15, 0.2) is 106 Å². The first kappa shape index (κ1) is 24.2. The minimum atomic E-state index is -0.205. The third kappa shape index (κ3) is 5.05. The van der Waals surface area contributed by atoms with E-state index in [1.807, 2.05) is 6.07 Å². The second-order valence-corrected chi connectivity index (χ2v) is 8.45. The normalized spacial score (nSPS) is 10.7. The highest BCUT2D eigenvalue weighted by Gasteiger charge is 2.18. The predicted octanol–water partition coefficient (Wildman–Crippen LogP) is 7.00. The van der Waals surface area contributed by atoms with Gasteiger partial charge in [-0.05, 0) is 60.7 Å². The quantitative estimate of drug-likeness (QED) is 0.108. The molecule has 2 aromatic heterocycles. The van der Waals surface area contributed by atoms with Crippen molar-refractivity contribution in [3.05, 3.63) is 97.1 Å². The molecule has 0 aliphatic rings. The maximum Gasteiger partial charge on any atom is 0.368 e. The number of rotatable bonds is 2. The number of hydrogen-bond donors (Lipinski definition) is 6. The summed E-state index contributed by atoms with van der Waals surface area (Å²) in [5.74, 6) is 0.950. The summed E-state index contributed by atoms with van der Waals surface area (Å²) in [7, 11) is 0. The zero-order valence-corrected chi connectivity index (χ0v) is 19.7. The Morgan fingerprint density at radius 2 is 1.00 bits per heavy atom. The molecule has 0 aliphatic heterocycles. The standard InChI is InChI=1S/2C15H10O4/c16-11-4-1-9-3-6-14(19-15(9)8-11)10-2-5-12(17)13(18)7-10;16-10-3-1-9(2-4-10)14-6-5-12-13(18)7-11(17)8-15(12)19-14/h2*1-8H,(H2-,16,17,18)/p+2. The van der Waals surface area contributed by atoms with Crippen LogP contribution in [0.25, 0.3) is 44.6 Å². The highest BCUT2D eigenvalue weighted by Crippen LogP contribution is 2.34. The van der Waals surface area contributed by atoms with Crippen molar-refractivity contribution >= 4 is 21.9 Å². The zero-order valence-electron chi connectivity index (χ0n) is 19.7. The van der Waals surface area contributed by atoms with Gasteiger partial charge in [0.25, 0.3) is 0 Å². The van der Waals surface area contributed by atoms with Crippen molar-refractivity contribution in [2.45, 2.75) is 0 Å². The van der Waals surface area contributed by atoms with Gasteiger partial charge in [-0.2, -0.15) is 0 Å². The van der Waals surface area contributed by atoms with Crippen LogP contribution in [0, 0.1) is 0 Å². The Labute approximate surface area is 215 Å². The van der Waals surface area contributed by atoms with Crippen LogP contribution >= 0.6 is 0 Å². The molecular formula is C30H22O8+2. The summed E-state index contributed by atoms with van der Waals surface area (Å²) in [6.07, 6.45) is 0. The summed E-state index contributed by atoms with van der Waals surface area (Å²) in [5.41, 5.74) is 2.37. The Hall–Kier alpha value is -5.50. The summed E-state index contributed by atoms with van der Waals surface area (Å²) in [6, 6.07) is 25.7. The van der Waals surface area contributed by atoms with Gasteiger partial charge in [-0.3, -0.25) is 0 Å². The van der Waals surface area contributed by atoms with Gasteiger partial charge in [-0.1, -0.05) is 0 Å². The molecule has 0 fully saturated rings. The summed E-state index contributed by atoms with van der Waals surface area (Å²) in [6.45, 7) is 0. The molecule has 188 valence electrons. The Morgan fingerprint density at radius 3 is 1.76 bits per heavy atom. The number of phenols is 6. The van der Waals surface area contributed by atoms with E-state index in [0.29, 0.717) is 33.6 Å². The van der Waals surface area contributed by atoms with Gasteiger partial charge in [0, 0.05) is 24.3 Å². The van der Waals surface area contributed by atoms with Crippen molar-refractivity contribution in [2.75, 3.05) is 0 Å². The molecule has 6 N–H and O–H groups in total. The summed E-state index contributed by atoms with van der Waals surface area (Å²) >= 11 is 0. The van der Waals surface area contributed by atoms with Gasteiger partial charge in [0.05, 0.1) is 28.6 Å². The molecule has 0 spiro atoms. The van der Waals surface area contributed by atoms with Crippen LogP contribution in [0.3, 0.4) is 0 Å². The number of phenolic OH excluding ortho intramolecular Hbond substituents is 6. The van der Waals surface area contributed by atoms with Gasteiger partial charge in [-0.15, -0.1) is 0 Å². The molecule has 0 saturated carbocycles. The molecule has 0 bridgehead atoms. The molecular weight excluding hydrogens is 488 g/mol. The van der Waals surface area contributed by atoms with Crippen LogP contribution in [0.1, 0.15) is 0 Å². The molecule has 38 heavy (non-hydrogen) atoms. The monoisotopic (exact) mass is 510 g/mol. The van der Waals surface area contributed by atoms with Crippen molar-refractivity contribution < 1.29 is 39.5 Å². The third-order valence-corrected chi connectivity index (χ3v) is 5.77. The lowest BCUT2D eigenvalue weighted by molar-refractivity contribution is 0.404. The fourth-order valence-electron chi connectivity index (χ4n) is 3.84. The van der Waals surface area contributed by atoms with E-state index >= 15 is 0 Å². The Bertz CT molecular complexity index is 1780. The van der Waals surface area contributed by atoms with Crippen molar-refractivity contribution in [3.63, 3.8) is 0 Å². The maximum atomic E-state index is 9.70. The lowest BCUT2D eigenvalue weighted by atomic mass is 10.1. The van der Waals surface area contributed by atoms with Gasteiger partial charge >= 0.3 is 22.7 Å². The largest absolute Gasteiger partial charge is 0.508 e. The van der Waals surface area contributed by atoms with Crippen molar-refractivity contribution in [1.82, 2.24) is 0 Å². The summed E-state index contributed by atoms with van der Waals surface area (Å²) in [5, 5.41) is 58.0. The number of hydrogen-bond acceptors (Lipinski definition) is 6. The number of aromatic hydroxyl groups is 6. The van der Waals surface area contributed by atoms with Crippen LogP contribution in [0.5, 0.6) is 34.5 Å². The molecule has 0 atom stereocenters. The van der Waals surface area contributed by atoms with E-state index in [4.69, 9.17) is 8.83 Å². The molecule has 0 saturated heterocycles. The predicted molar refractivity (Wildman–Crippen MR) is 142 cm³/mol. The molecule has 0 radical (unpaired) electrons. The van der Waals surface area contributed by atoms with Crippen molar-refractivity contribution in [1.29, 1.82) is 0 Å². The van der Waals surface area contributed by atoms with Crippen LogP contribution < -0.4 is 0 Å². The second kappa shape index (κ2) is 9.87. The fourth-order valence-corrected chi connectivity index (χ4v) is 3.84. The van der Waals surface area contributed by atoms with Crippen molar-refractivity contribution in [2.24, 2.45) is 0 Å². The molecule has 6 rings (SSSR count). The van der Waals surface area contributed by atoms with Gasteiger partial charge < -0.3 is 30.6 Å². The van der Waals surface area contributed by atoms with Crippen molar-refractivity contribution in [3.8, 4) is 57.1 Å². The highest BCUT2D eigenvalue weighted by molar-refractivity contribution is 5.86. The topological polar surface area (TPSA) is 144 Å². The van der Waals surface area contributed by atoms with E-state index in [2.05, 4.69) is 0 Å². The Morgan fingerprint density at radius 1 is 0.395 bits per heavy atom. The number of benzene rings is 4. The van der Waals surface area contributed by atoms with E-state index in [1.165, 1.54) is 30.3 Å². The Balaban J connectivity index is 0.000000155. The summed E-state index contributed by atoms with van der Waals surface area (Å²) in [4.78, 5) is 0. The third-order valence-electron chi connectivity index (χ3n) is 5.77. The van der Waals surface area contributed by atoms with Gasteiger partial charge in [-0.25, -0.2) is 8.83 Å². The van der Waals surface area contributed by atoms with Crippen LogP contribution in [0.4, 0.5) is 0 Å². The molecule has 8 heteroatoms. The highest BCUT2D eigenvalue weighted by atomic mass is 16.3. The van der Waals surface area contributed by atoms with Crippen LogP contribution in [-0.4, -0.2) is 30.6 Å². The zero-order chi connectivity index (χ0) is 26.8. The minimum absolute atomic E-state index is 0.0315. The summed E-state index contributed by atoms with van der Waals surface area (Å²) < 4.78 is 11.3. The van der Waals surface area contributed by atoms with E-state index in [0.717, 1.165) is 10.9 Å². The molecule has 8 nitrogen and oxygen atoms in total. The smallest absolute Gasteiger partial charge is 0.368 e. The lowest BCUT2D eigenvalue weighted by Gasteiger charge is -1.98. The average Bonchev–Trinajstić information content (AvgIpc) is 2.90. The average molecular weight is 510 g/mol. The molecule has 0 unspecified atom stereocenters. The molecule has 0 aliphatic carbocycles. The minimum Gasteiger partial charge on any atom is -0.508 e. The van der Waals surface area contributed by atoms with Gasteiger partial charge in [0.1, 0.15) is 28.4 Å². The second-order valence-electron chi connectivity index (χ2n) is 8.45. The van der Waals surface area contributed by atoms with E-state index < -0.39 is 0 Å². The first-order valence-corrected chi connectivity index (χ1v) is 11.4. The van der Waals surface area contributed by atoms with Crippen LogP contribution in [0.2, 0.25) is 0 Å². The first-order valence-electron chi connectivity index (χ1n) is 11.4.